The Balaban J connectivity index is 0.00000324. The van der Waals surface area contributed by atoms with Crippen LogP contribution in [0.3, 0.4) is 0 Å². The number of hydrogen-bond donors (Lipinski definition) is 0. The van der Waals surface area contributed by atoms with E-state index < -0.39 is 46.1 Å². The summed E-state index contributed by atoms with van der Waals surface area (Å²) in [7, 11) is 0. The molecule has 1 aromatic carbocycles. The zero-order valence-corrected chi connectivity index (χ0v) is 9.98. The van der Waals surface area contributed by atoms with Crippen molar-refractivity contribution in [3.63, 3.8) is 0 Å². The molecule has 1 aromatic rings. The molecule has 0 unspecified atom stereocenters. The average Bonchev–Trinajstić information content (AvgIpc) is 2.26. The molecule has 1 rings (SSSR count). The molecule has 0 heterocycles. The summed E-state index contributed by atoms with van der Waals surface area (Å²) in [5.41, 5.74) is -4.11. The molecule has 0 fully saturated rings. The van der Waals surface area contributed by atoms with Crippen LogP contribution >= 0.6 is 0 Å². The maximum Gasteiger partial charge on any atom is 0.0722 e. The van der Waals surface area contributed by atoms with Crippen molar-refractivity contribution in [2.45, 2.75) is 0 Å². The largest absolute Gasteiger partial charge is 0.545 e. The van der Waals surface area contributed by atoms with Gasteiger partial charge in [-0.05, 0) is 12.1 Å². The smallest absolute Gasteiger partial charge is 0.0722 e. The first kappa shape index (κ1) is 16.6. The van der Waals surface area contributed by atoms with Crippen molar-refractivity contribution in [3.8, 4) is 0 Å². The summed E-state index contributed by atoms with van der Waals surface area (Å²) in [5.74, 6) is -7.99. The fraction of sp³-hybridized carbons (Fsp3) is 0. The van der Waals surface area contributed by atoms with Gasteiger partial charge in [-0.3, -0.25) is 0 Å². The molecule has 19 heavy (non-hydrogen) atoms. The number of aromatic carboxylic acids is 4. The predicted molar refractivity (Wildman–Crippen MR) is 43.8 cm³/mol. The van der Waals surface area contributed by atoms with E-state index in [-0.39, 0.29) is 17.1 Å². The molecule has 8 nitrogen and oxygen atoms in total. The second-order valence-corrected chi connectivity index (χ2v) is 3.09. The summed E-state index contributed by atoms with van der Waals surface area (Å²) in [4.78, 5) is 42.4. The minimum atomic E-state index is -2.00. The Morgan fingerprint density at radius 3 is 0.842 bits per heavy atom. The van der Waals surface area contributed by atoms with Crippen molar-refractivity contribution >= 4 is 23.9 Å². The van der Waals surface area contributed by atoms with Gasteiger partial charge < -0.3 is 39.6 Å². The molecule has 0 aliphatic rings. The summed E-state index contributed by atoms with van der Waals surface area (Å²) < 4.78 is 0. The standard InChI is InChI=1S/C10H6O8.Mn/c11-7(12)3-1-4(8(13)14)6(10(17)18)2-5(3)9(15)16;/h1-2H,(H,11,12)(H,13,14)(H,15,16)(H,17,18);/p-4. The number of carboxylic acid groups (broad SMARTS) is 4. The van der Waals surface area contributed by atoms with Crippen LogP contribution in [0, 0.1) is 0 Å². The molecule has 0 aliphatic heterocycles. The Hall–Kier alpha value is -2.38. The second kappa shape index (κ2) is 5.98. The van der Waals surface area contributed by atoms with E-state index in [1.165, 1.54) is 0 Å². The van der Waals surface area contributed by atoms with Gasteiger partial charge >= 0.3 is 0 Å². The monoisotopic (exact) mass is 305 g/mol. The Labute approximate surface area is 115 Å². The van der Waals surface area contributed by atoms with Crippen molar-refractivity contribution in [3.05, 3.63) is 34.4 Å². The van der Waals surface area contributed by atoms with Crippen molar-refractivity contribution in [2.24, 2.45) is 0 Å². The quantitative estimate of drug-likeness (QED) is 0.500. The maximum absolute atomic E-state index is 10.6. The molecule has 0 bridgehead atoms. The van der Waals surface area contributed by atoms with Gasteiger partial charge in [0.25, 0.3) is 0 Å². The van der Waals surface area contributed by atoms with E-state index in [0.717, 1.165) is 0 Å². The van der Waals surface area contributed by atoms with Crippen LogP contribution in [0.2, 0.25) is 0 Å². The zero-order valence-electron chi connectivity index (χ0n) is 8.80. The Bertz CT molecular complexity index is 479. The van der Waals surface area contributed by atoms with Crippen LogP contribution in [0.15, 0.2) is 12.1 Å². The number of rotatable bonds is 4. The summed E-state index contributed by atoms with van der Waals surface area (Å²) in [6.45, 7) is 0. The van der Waals surface area contributed by atoms with Gasteiger partial charge in [-0.1, -0.05) is 0 Å². The first-order chi connectivity index (χ1) is 8.25. The topological polar surface area (TPSA) is 161 Å². The van der Waals surface area contributed by atoms with E-state index in [1.807, 2.05) is 0 Å². The molecular weight excluding hydrogens is 303 g/mol. The Morgan fingerprint density at radius 2 is 0.737 bits per heavy atom. The van der Waals surface area contributed by atoms with Gasteiger partial charge in [0.15, 0.2) is 0 Å². The van der Waals surface area contributed by atoms with Crippen LogP contribution in [0.5, 0.6) is 0 Å². The zero-order chi connectivity index (χ0) is 14.0. The van der Waals surface area contributed by atoms with Gasteiger partial charge in [0, 0.05) is 39.3 Å². The van der Waals surface area contributed by atoms with Gasteiger partial charge in [-0.2, -0.15) is 0 Å². The van der Waals surface area contributed by atoms with Crippen molar-refractivity contribution in [1.82, 2.24) is 0 Å². The van der Waals surface area contributed by atoms with Gasteiger partial charge in [0.2, 0.25) is 0 Å². The van der Waals surface area contributed by atoms with Crippen molar-refractivity contribution in [2.75, 3.05) is 0 Å². The molecule has 0 saturated heterocycles. The molecule has 0 aromatic heterocycles. The summed E-state index contributed by atoms with van der Waals surface area (Å²) in [6, 6.07) is 0.613. The molecular formula is C10H2MnO8-4. The fourth-order valence-corrected chi connectivity index (χ4v) is 1.28. The van der Waals surface area contributed by atoms with E-state index >= 15 is 0 Å². The average molecular weight is 305 g/mol. The molecule has 0 saturated carbocycles. The minimum Gasteiger partial charge on any atom is -0.545 e. The molecule has 0 spiro atoms. The molecule has 9 heteroatoms. The second-order valence-electron chi connectivity index (χ2n) is 3.09. The molecule has 0 atom stereocenters. The number of benzene rings is 1. The molecule has 1 radical (unpaired) electrons. The number of carboxylic acids is 4. The van der Waals surface area contributed by atoms with Crippen molar-refractivity contribution in [1.29, 1.82) is 0 Å². The van der Waals surface area contributed by atoms with Gasteiger partial charge in [0.05, 0.1) is 23.9 Å². The third kappa shape index (κ3) is 3.30. The van der Waals surface area contributed by atoms with E-state index in [0.29, 0.717) is 12.1 Å². The normalized spacial score (nSPS) is 9.26. The van der Waals surface area contributed by atoms with Crippen LogP contribution in [-0.4, -0.2) is 23.9 Å². The van der Waals surface area contributed by atoms with Gasteiger partial charge in [-0.15, -0.1) is 0 Å². The molecule has 0 amide bonds. The summed E-state index contributed by atoms with van der Waals surface area (Å²) in [6.07, 6.45) is 0. The van der Waals surface area contributed by atoms with Crippen LogP contribution in [0.25, 0.3) is 0 Å². The molecule has 0 aliphatic carbocycles. The van der Waals surface area contributed by atoms with Crippen LogP contribution < -0.4 is 20.4 Å². The third-order valence-corrected chi connectivity index (χ3v) is 2.04. The maximum atomic E-state index is 10.6. The van der Waals surface area contributed by atoms with E-state index in [9.17, 15) is 39.6 Å². The number of carbonyl (C=O) groups excluding carboxylic acids is 4. The number of hydrogen-bond acceptors (Lipinski definition) is 8. The SMILES string of the molecule is O=C([O-])c1cc(C(=O)[O-])c(C(=O)[O-])cc1C(=O)[O-].[Mn]. The fourth-order valence-electron chi connectivity index (χ4n) is 1.28. The minimum absolute atomic E-state index is 0. The van der Waals surface area contributed by atoms with E-state index in [4.69, 9.17) is 0 Å². The first-order valence-electron chi connectivity index (χ1n) is 4.29. The van der Waals surface area contributed by atoms with E-state index in [2.05, 4.69) is 0 Å². The number of carbonyl (C=O) groups is 4. The van der Waals surface area contributed by atoms with Crippen LogP contribution in [-0.2, 0) is 17.1 Å². The van der Waals surface area contributed by atoms with Crippen LogP contribution in [0.1, 0.15) is 41.4 Å². The van der Waals surface area contributed by atoms with Gasteiger partial charge in [0.1, 0.15) is 0 Å². The summed E-state index contributed by atoms with van der Waals surface area (Å²) >= 11 is 0. The summed E-state index contributed by atoms with van der Waals surface area (Å²) in [5, 5.41) is 42.4. The predicted octanol–water partition coefficient (Wildman–Crippen LogP) is -4.86. The Kier molecular flexibility index (Phi) is 5.23. The molecule has 101 valence electrons. The Morgan fingerprint density at radius 1 is 0.579 bits per heavy atom. The molecule has 0 N–H and O–H groups in total. The third-order valence-electron chi connectivity index (χ3n) is 2.04. The van der Waals surface area contributed by atoms with Gasteiger partial charge in [-0.25, -0.2) is 0 Å². The van der Waals surface area contributed by atoms with Crippen LogP contribution in [0.4, 0.5) is 0 Å². The van der Waals surface area contributed by atoms with E-state index in [1.54, 1.807) is 0 Å². The first-order valence-corrected chi connectivity index (χ1v) is 4.29. The van der Waals surface area contributed by atoms with Crippen molar-refractivity contribution < 1.29 is 56.7 Å².